The molecule has 21 heavy (non-hydrogen) atoms. The van der Waals surface area contributed by atoms with Crippen molar-refractivity contribution in [1.29, 1.82) is 0 Å². The summed E-state index contributed by atoms with van der Waals surface area (Å²) in [5.74, 6) is -0.365. The van der Waals surface area contributed by atoms with Crippen LogP contribution in [0.2, 0.25) is 0 Å². The minimum Gasteiger partial charge on any atom is -0.508 e. The number of hydrogen-bond donors (Lipinski definition) is 2. The highest BCUT2D eigenvalue weighted by molar-refractivity contribution is 5.78. The first kappa shape index (κ1) is 14.9. The van der Waals surface area contributed by atoms with Gasteiger partial charge in [0.2, 0.25) is 5.60 Å². The van der Waals surface area contributed by atoms with E-state index in [0.717, 1.165) is 11.1 Å². The number of carboxylic acid groups (broad SMARTS) is 1. The lowest BCUT2D eigenvalue weighted by molar-refractivity contribution is -0.153. The van der Waals surface area contributed by atoms with Crippen molar-refractivity contribution in [3.63, 3.8) is 0 Å². The topological polar surface area (TPSA) is 66.8 Å². The van der Waals surface area contributed by atoms with Crippen LogP contribution in [0.4, 0.5) is 0 Å². The van der Waals surface area contributed by atoms with Crippen LogP contribution in [0, 0.1) is 6.92 Å². The average molecular weight is 286 g/mol. The summed E-state index contributed by atoms with van der Waals surface area (Å²) in [6, 6.07) is 13.7. The Bertz CT molecular complexity index is 567. The zero-order valence-corrected chi connectivity index (χ0v) is 12.0. The molecule has 2 N–H and O–H groups in total. The number of carbonyl (C=O) groups is 1. The molecule has 0 radical (unpaired) electrons. The van der Waals surface area contributed by atoms with Crippen LogP contribution in [0.5, 0.6) is 11.5 Å². The van der Waals surface area contributed by atoms with Gasteiger partial charge in [-0.2, -0.15) is 0 Å². The van der Waals surface area contributed by atoms with Gasteiger partial charge in [0.25, 0.3) is 0 Å². The highest BCUT2D eigenvalue weighted by Gasteiger charge is 2.36. The molecule has 4 heteroatoms. The molecular formula is C17H18O4. The maximum atomic E-state index is 11.6. The van der Waals surface area contributed by atoms with Crippen LogP contribution in [0.15, 0.2) is 48.5 Å². The molecule has 0 aliphatic carbocycles. The van der Waals surface area contributed by atoms with E-state index < -0.39 is 11.6 Å². The van der Waals surface area contributed by atoms with Crippen molar-refractivity contribution in [2.75, 3.05) is 0 Å². The van der Waals surface area contributed by atoms with E-state index in [9.17, 15) is 15.0 Å². The third-order valence-corrected chi connectivity index (χ3v) is 3.29. The lowest BCUT2D eigenvalue weighted by Crippen LogP contribution is -2.43. The molecule has 0 bridgehead atoms. The van der Waals surface area contributed by atoms with E-state index in [0.29, 0.717) is 5.75 Å². The quantitative estimate of drug-likeness (QED) is 0.886. The van der Waals surface area contributed by atoms with Crippen LogP contribution in [0.3, 0.4) is 0 Å². The zero-order chi connectivity index (χ0) is 15.5. The molecule has 0 saturated carbocycles. The summed E-state index contributed by atoms with van der Waals surface area (Å²) in [4.78, 5) is 11.6. The normalized spacial score (nSPS) is 13.4. The molecule has 0 aliphatic heterocycles. The molecule has 110 valence electrons. The zero-order valence-electron chi connectivity index (χ0n) is 12.0. The summed E-state index contributed by atoms with van der Waals surface area (Å²) >= 11 is 0. The van der Waals surface area contributed by atoms with Crippen molar-refractivity contribution in [3.05, 3.63) is 59.7 Å². The number of aromatic hydroxyl groups is 1. The molecule has 4 nitrogen and oxygen atoms in total. The molecule has 0 spiro atoms. The predicted molar refractivity (Wildman–Crippen MR) is 79.7 cm³/mol. The van der Waals surface area contributed by atoms with Crippen molar-refractivity contribution in [2.45, 2.75) is 25.9 Å². The molecular weight excluding hydrogens is 268 g/mol. The molecule has 0 saturated heterocycles. The van der Waals surface area contributed by atoms with Crippen LogP contribution in [0.25, 0.3) is 0 Å². The third kappa shape index (κ3) is 3.75. The van der Waals surface area contributed by atoms with Gasteiger partial charge in [-0.15, -0.1) is 0 Å². The monoisotopic (exact) mass is 286 g/mol. The van der Waals surface area contributed by atoms with Gasteiger partial charge in [-0.1, -0.05) is 29.8 Å². The Kier molecular flexibility index (Phi) is 4.17. The van der Waals surface area contributed by atoms with Crippen LogP contribution < -0.4 is 4.74 Å². The van der Waals surface area contributed by atoms with Gasteiger partial charge in [0, 0.05) is 6.42 Å². The average Bonchev–Trinajstić information content (AvgIpc) is 2.44. The highest BCUT2D eigenvalue weighted by atomic mass is 16.5. The summed E-state index contributed by atoms with van der Waals surface area (Å²) in [5.41, 5.74) is 0.495. The number of ether oxygens (including phenoxy) is 1. The standard InChI is InChI=1S/C17H18O4/c1-12-3-9-15(10-4-12)21-17(2,16(19)20)11-13-5-7-14(18)8-6-13/h3-10,18H,11H2,1-2H3,(H,19,20). The van der Waals surface area contributed by atoms with Crippen molar-refractivity contribution in [2.24, 2.45) is 0 Å². The Morgan fingerprint density at radius 1 is 1.10 bits per heavy atom. The molecule has 0 aromatic heterocycles. The van der Waals surface area contributed by atoms with Crippen LogP contribution >= 0.6 is 0 Å². The fourth-order valence-corrected chi connectivity index (χ4v) is 2.03. The first-order chi connectivity index (χ1) is 9.89. The second-order valence-electron chi connectivity index (χ2n) is 5.29. The van der Waals surface area contributed by atoms with Crippen molar-refractivity contribution < 1.29 is 19.7 Å². The van der Waals surface area contributed by atoms with Crippen LogP contribution in [-0.2, 0) is 11.2 Å². The van der Waals surface area contributed by atoms with Gasteiger partial charge >= 0.3 is 5.97 Å². The Morgan fingerprint density at radius 3 is 2.19 bits per heavy atom. The summed E-state index contributed by atoms with van der Waals surface area (Å²) in [5, 5.41) is 18.8. The largest absolute Gasteiger partial charge is 0.508 e. The van der Waals surface area contributed by atoms with Gasteiger partial charge in [-0.05, 0) is 43.7 Å². The molecule has 0 aliphatic rings. The predicted octanol–water partition coefficient (Wildman–Crippen LogP) is 3.17. The minimum absolute atomic E-state index is 0.148. The van der Waals surface area contributed by atoms with Gasteiger partial charge in [-0.25, -0.2) is 4.79 Å². The van der Waals surface area contributed by atoms with E-state index in [4.69, 9.17) is 4.74 Å². The van der Waals surface area contributed by atoms with E-state index >= 15 is 0 Å². The number of benzene rings is 2. The van der Waals surface area contributed by atoms with Gasteiger partial charge < -0.3 is 14.9 Å². The minimum atomic E-state index is -1.37. The van der Waals surface area contributed by atoms with E-state index in [1.54, 1.807) is 31.2 Å². The summed E-state index contributed by atoms with van der Waals surface area (Å²) < 4.78 is 5.69. The molecule has 0 fully saturated rings. The summed E-state index contributed by atoms with van der Waals surface area (Å²) in [6.45, 7) is 3.50. The summed E-state index contributed by atoms with van der Waals surface area (Å²) in [7, 11) is 0. The first-order valence-electron chi connectivity index (χ1n) is 6.66. The molecule has 2 rings (SSSR count). The van der Waals surface area contributed by atoms with E-state index in [2.05, 4.69) is 0 Å². The number of aryl methyl sites for hydroxylation is 1. The molecule has 2 aromatic carbocycles. The summed E-state index contributed by atoms with van der Waals surface area (Å²) in [6.07, 6.45) is 0.205. The van der Waals surface area contributed by atoms with Gasteiger partial charge in [0.15, 0.2) is 0 Å². The Labute approximate surface area is 123 Å². The van der Waals surface area contributed by atoms with Gasteiger partial charge in [0.05, 0.1) is 0 Å². The SMILES string of the molecule is Cc1ccc(OC(C)(Cc2ccc(O)cc2)C(=O)O)cc1. The Balaban J connectivity index is 2.21. The molecule has 1 atom stereocenters. The lowest BCUT2D eigenvalue weighted by Gasteiger charge is -2.26. The number of carboxylic acids is 1. The molecule has 0 heterocycles. The number of hydrogen-bond acceptors (Lipinski definition) is 3. The lowest BCUT2D eigenvalue weighted by atomic mass is 9.96. The molecule has 2 aromatic rings. The number of phenolic OH excluding ortho intramolecular Hbond substituents is 1. The van der Waals surface area contributed by atoms with Crippen molar-refractivity contribution >= 4 is 5.97 Å². The van der Waals surface area contributed by atoms with E-state index in [1.807, 2.05) is 19.1 Å². The smallest absolute Gasteiger partial charge is 0.348 e. The Hall–Kier alpha value is -2.49. The maximum Gasteiger partial charge on any atom is 0.348 e. The first-order valence-corrected chi connectivity index (χ1v) is 6.66. The Morgan fingerprint density at radius 2 is 1.67 bits per heavy atom. The number of rotatable bonds is 5. The van der Waals surface area contributed by atoms with Crippen LogP contribution in [0.1, 0.15) is 18.1 Å². The van der Waals surface area contributed by atoms with E-state index in [1.165, 1.54) is 12.1 Å². The second kappa shape index (κ2) is 5.87. The fourth-order valence-electron chi connectivity index (χ4n) is 2.03. The van der Waals surface area contributed by atoms with Crippen LogP contribution in [-0.4, -0.2) is 21.8 Å². The highest BCUT2D eigenvalue weighted by Crippen LogP contribution is 2.24. The maximum absolute atomic E-state index is 11.6. The van der Waals surface area contributed by atoms with Gasteiger partial charge in [0.1, 0.15) is 11.5 Å². The van der Waals surface area contributed by atoms with Crippen molar-refractivity contribution in [1.82, 2.24) is 0 Å². The molecule has 1 unspecified atom stereocenters. The fraction of sp³-hybridized carbons (Fsp3) is 0.235. The molecule has 0 amide bonds. The van der Waals surface area contributed by atoms with E-state index in [-0.39, 0.29) is 12.2 Å². The van der Waals surface area contributed by atoms with Gasteiger partial charge in [-0.3, -0.25) is 0 Å². The second-order valence-corrected chi connectivity index (χ2v) is 5.29. The number of phenols is 1. The third-order valence-electron chi connectivity index (χ3n) is 3.29. The number of aliphatic carboxylic acids is 1. The van der Waals surface area contributed by atoms with Crippen molar-refractivity contribution in [3.8, 4) is 11.5 Å².